The summed E-state index contributed by atoms with van der Waals surface area (Å²) >= 11 is 1.42. The Morgan fingerprint density at radius 2 is 1.79 bits per heavy atom. The summed E-state index contributed by atoms with van der Waals surface area (Å²) in [6.07, 6.45) is -2.20. The van der Waals surface area contributed by atoms with Crippen molar-refractivity contribution in [2.24, 2.45) is 29.4 Å². The number of hydrogen-bond donors (Lipinski definition) is 4. The lowest BCUT2D eigenvalue weighted by Gasteiger charge is -2.52. The van der Waals surface area contributed by atoms with E-state index in [1.54, 1.807) is 19.1 Å². The van der Waals surface area contributed by atoms with Crippen molar-refractivity contribution in [2.75, 3.05) is 0 Å². The second-order valence-corrected chi connectivity index (χ2v) is 11.5. The van der Waals surface area contributed by atoms with E-state index >= 15 is 0 Å². The molecule has 9 nitrogen and oxygen atoms in total. The molecule has 1 heterocycles. The van der Waals surface area contributed by atoms with Gasteiger partial charge in [0.15, 0.2) is 34.7 Å². The summed E-state index contributed by atoms with van der Waals surface area (Å²) < 4.78 is 0.979. The Morgan fingerprint density at radius 1 is 1.08 bits per heavy atom. The number of aliphatic hydroxyl groups is 2. The largest absolute Gasteiger partial charge is 0.506 e. The van der Waals surface area contributed by atoms with Crippen molar-refractivity contribution < 1.29 is 39.3 Å². The van der Waals surface area contributed by atoms with E-state index < -0.39 is 76.8 Å². The SMILES string of the molecule is C[C@H]1c2ccc(-c3cc4ccccc4s3)c(O)c2C(=O)C2C(=O)[C@]3(O)C(=O)C(C(N)=O)C(=O)C[C@@H]3[C@@H](O)[C@@H]21. The van der Waals surface area contributed by atoms with Gasteiger partial charge in [0.25, 0.3) is 0 Å². The zero-order valence-electron chi connectivity index (χ0n) is 20.1. The number of ketones is 4. The normalized spacial score (nSPS) is 32.6. The van der Waals surface area contributed by atoms with Gasteiger partial charge in [-0.1, -0.05) is 31.2 Å². The molecule has 1 amide bonds. The number of rotatable bonds is 2. The zero-order chi connectivity index (χ0) is 27.3. The minimum atomic E-state index is -2.93. The van der Waals surface area contributed by atoms with Crippen LogP contribution >= 0.6 is 11.3 Å². The predicted octanol–water partition coefficient (Wildman–Crippen LogP) is 1.74. The van der Waals surface area contributed by atoms with Gasteiger partial charge in [-0.3, -0.25) is 24.0 Å². The fourth-order valence-electron chi connectivity index (χ4n) is 6.67. The highest BCUT2D eigenvalue weighted by molar-refractivity contribution is 7.22. The third kappa shape index (κ3) is 3.02. The van der Waals surface area contributed by atoms with Gasteiger partial charge in [0.2, 0.25) is 5.91 Å². The third-order valence-electron chi connectivity index (χ3n) is 8.55. The minimum absolute atomic E-state index is 0.109. The topological polar surface area (TPSA) is 172 Å². The van der Waals surface area contributed by atoms with Gasteiger partial charge in [-0.05, 0) is 35.1 Å². The van der Waals surface area contributed by atoms with Gasteiger partial charge in [-0.2, -0.15) is 0 Å². The van der Waals surface area contributed by atoms with Crippen LogP contribution in [0.25, 0.3) is 20.5 Å². The Hall–Kier alpha value is -3.73. The lowest BCUT2D eigenvalue weighted by Crippen LogP contribution is -2.72. The van der Waals surface area contributed by atoms with Crippen LogP contribution < -0.4 is 5.73 Å². The number of carbonyl (C=O) groups is 5. The number of thiophene rings is 1. The number of hydrogen-bond acceptors (Lipinski definition) is 9. The monoisotopic (exact) mass is 533 g/mol. The van der Waals surface area contributed by atoms with Gasteiger partial charge in [-0.15, -0.1) is 11.3 Å². The standard InChI is InChI=1S/C28H23NO8S/c1-10-12-6-7-13(17-8-11-4-2-3-5-16(11)38-17)22(31)19(12)24(33)21-18(10)23(32)14-9-15(30)20(27(29)36)25(34)28(14,37)26(21)35/h2-8,10,14,18,20-21,23,31-32,37H,9H2,1H3,(H2,29,36)/t10-,14+,18+,20?,21?,23+,28+/m0/s1. The molecule has 3 aromatic rings. The van der Waals surface area contributed by atoms with Crippen LogP contribution in [-0.4, -0.2) is 56.1 Å². The molecular formula is C28H23NO8S. The summed E-state index contributed by atoms with van der Waals surface area (Å²) in [6.45, 7) is 1.68. The molecule has 6 rings (SSSR count). The van der Waals surface area contributed by atoms with E-state index in [2.05, 4.69) is 0 Å². The van der Waals surface area contributed by atoms with Gasteiger partial charge in [0, 0.05) is 33.4 Å². The number of phenols is 1. The fourth-order valence-corrected chi connectivity index (χ4v) is 7.76. The molecule has 10 heteroatoms. The smallest absolute Gasteiger partial charge is 0.235 e. The van der Waals surface area contributed by atoms with Crippen LogP contribution in [0.15, 0.2) is 42.5 Å². The molecular weight excluding hydrogens is 510 g/mol. The summed E-state index contributed by atoms with van der Waals surface area (Å²) in [6, 6.07) is 12.9. The Morgan fingerprint density at radius 3 is 2.47 bits per heavy atom. The number of nitrogens with two attached hydrogens (primary N) is 1. The molecule has 2 fully saturated rings. The molecule has 3 aliphatic carbocycles. The van der Waals surface area contributed by atoms with Crippen molar-refractivity contribution in [3.63, 3.8) is 0 Å². The number of carbonyl (C=O) groups excluding carboxylic acids is 5. The first kappa shape index (κ1) is 24.6. The van der Waals surface area contributed by atoms with E-state index in [1.807, 2.05) is 30.3 Å². The van der Waals surface area contributed by atoms with E-state index in [4.69, 9.17) is 5.73 Å². The second-order valence-electron chi connectivity index (χ2n) is 10.4. The first-order chi connectivity index (χ1) is 18.0. The van der Waals surface area contributed by atoms with E-state index in [0.717, 1.165) is 10.1 Å². The minimum Gasteiger partial charge on any atom is -0.506 e. The van der Waals surface area contributed by atoms with E-state index in [0.29, 0.717) is 16.0 Å². The van der Waals surface area contributed by atoms with Gasteiger partial charge in [-0.25, -0.2) is 0 Å². The van der Waals surface area contributed by atoms with Crippen LogP contribution in [0.2, 0.25) is 0 Å². The van der Waals surface area contributed by atoms with E-state index in [1.165, 1.54) is 11.3 Å². The first-order valence-corrected chi connectivity index (χ1v) is 13.0. The van der Waals surface area contributed by atoms with Crippen molar-refractivity contribution in [3.8, 4) is 16.2 Å². The summed E-state index contributed by atoms with van der Waals surface area (Å²) in [7, 11) is 0. The van der Waals surface area contributed by atoms with Crippen LogP contribution in [0, 0.1) is 23.7 Å². The molecule has 0 radical (unpaired) electrons. The van der Waals surface area contributed by atoms with Gasteiger partial charge >= 0.3 is 0 Å². The zero-order valence-corrected chi connectivity index (χ0v) is 20.9. The average Bonchev–Trinajstić information content (AvgIpc) is 3.30. The molecule has 3 aliphatic rings. The third-order valence-corrected chi connectivity index (χ3v) is 9.70. The molecule has 0 bridgehead atoms. The van der Waals surface area contributed by atoms with Crippen LogP contribution in [0.4, 0.5) is 0 Å². The molecule has 7 atom stereocenters. The van der Waals surface area contributed by atoms with Crippen LogP contribution in [0.5, 0.6) is 5.75 Å². The van der Waals surface area contributed by atoms with Gasteiger partial charge < -0.3 is 21.1 Å². The molecule has 38 heavy (non-hydrogen) atoms. The average molecular weight is 534 g/mol. The molecule has 194 valence electrons. The van der Waals surface area contributed by atoms with E-state index in [9.17, 15) is 39.3 Å². The summed E-state index contributed by atoms with van der Waals surface area (Å²) in [5.74, 6) is -12.9. The fraction of sp³-hybridized carbons (Fsp3) is 0.321. The van der Waals surface area contributed by atoms with Crippen LogP contribution in [0.3, 0.4) is 0 Å². The molecule has 2 saturated carbocycles. The van der Waals surface area contributed by atoms with Crippen molar-refractivity contribution >= 4 is 50.5 Å². The van der Waals surface area contributed by atoms with Crippen molar-refractivity contribution in [1.29, 1.82) is 0 Å². The first-order valence-electron chi connectivity index (χ1n) is 12.2. The van der Waals surface area contributed by atoms with Crippen molar-refractivity contribution in [3.05, 3.63) is 53.6 Å². The lowest BCUT2D eigenvalue weighted by atomic mass is 9.50. The quantitative estimate of drug-likeness (QED) is 0.361. The maximum Gasteiger partial charge on any atom is 0.235 e. The number of aromatic hydroxyl groups is 1. The number of aliphatic hydroxyl groups excluding tert-OH is 1. The van der Waals surface area contributed by atoms with Crippen LogP contribution in [0.1, 0.15) is 35.2 Å². The molecule has 2 unspecified atom stereocenters. The van der Waals surface area contributed by atoms with Crippen molar-refractivity contribution in [2.45, 2.75) is 31.0 Å². The highest BCUT2D eigenvalue weighted by Gasteiger charge is 2.69. The lowest BCUT2D eigenvalue weighted by molar-refractivity contribution is -0.189. The Kier molecular flexibility index (Phi) is 5.26. The highest BCUT2D eigenvalue weighted by Crippen LogP contribution is 2.55. The maximum atomic E-state index is 13.9. The van der Waals surface area contributed by atoms with Gasteiger partial charge in [0.1, 0.15) is 5.75 Å². The molecule has 5 N–H and O–H groups in total. The summed E-state index contributed by atoms with van der Waals surface area (Å²) in [5, 5.41) is 34.9. The maximum absolute atomic E-state index is 13.9. The molecule has 2 aromatic carbocycles. The summed E-state index contributed by atoms with van der Waals surface area (Å²) in [4.78, 5) is 65.8. The van der Waals surface area contributed by atoms with Crippen LogP contribution in [-0.2, 0) is 19.2 Å². The predicted molar refractivity (Wildman–Crippen MR) is 135 cm³/mol. The Labute approximate surface area is 219 Å². The highest BCUT2D eigenvalue weighted by atomic mass is 32.1. The number of benzene rings is 2. The number of Topliss-reactive ketones (excluding diaryl/α,β-unsaturated/α-hetero) is 4. The van der Waals surface area contributed by atoms with Gasteiger partial charge in [0.05, 0.1) is 17.6 Å². The Bertz CT molecular complexity index is 1570. The number of primary amides is 1. The molecule has 0 saturated heterocycles. The second kappa shape index (κ2) is 8.13. The van der Waals surface area contributed by atoms with Crippen molar-refractivity contribution in [1.82, 2.24) is 0 Å². The molecule has 1 aromatic heterocycles. The Balaban J connectivity index is 1.49. The molecule has 0 aliphatic heterocycles. The number of fused-ring (bicyclic) bond motifs is 4. The van der Waals surface area contributed by atoms with E-state index in [-0.39, 0.29) is 11.3 Å². The number of phenolic OH excluding ortho intramolecular Hbond substituents is 1. The summed E-state index contributed by atoms with van der Waals surface area (Å²) in [5.41, 5.74) is 2.97. The molecule has 0 spiro atoms. The number of amides is 1.